The van der Waals surface area contributed by atoms with E-state index in [9.17, 15) is 14.7 Å². The maximum absolute atomic E-state index is 11.4. The van der Waals surface area contributed by atoms with Gasteiger partial charge in [-0.05, 0) is 13.8 Å². The molecule has 0 aliphatic carbocycles. The molecule has 0 aliphatic heterocycles. The SMILES string of the molecule is CC(C)c1ncc(N(CC(N)=O)C(C)C)c(C(=O)O)n1. The molecule has 0 bridgehead atoms. The Hall–Kier alpha value is -2.18. The van der Waals surface area contributed by atoms with Crippen molar-refractivity contribution in [2.24, 2.45) is 5.73 Å². The average Bonchev–Trinajstić information content (AvgIpc) is 2.34. The second-order valence-corrected chi connectivity index (χ2v) is 5.11. The van der Waals surface area contributed by atoms with Crippen molar-refractivity contribution in [3.05, 3.63) is 17.7 Å². The number of carbonyl (C=O) groups excluding carboxylic acids is 1. The lowest BCUT2D eigenvalue weighted by Gasteiger charge is -2.28. The molecule has 0 radical (unpaired) electrons. The van der Waals surface area contributed by atoms with Crippen LogP contribution in [-0.4, -0.2) is 39.5 Å². The molecule has 1 rings (SSSR count). The number of nitrogens with two attached hydrogens (primary N) is 1. The number of carbonyl (C=O) groups is 2. The van der Waals surface area contributed by atoms with E-state index in [2.05, 4.69) is 9.97 Å². The molecular formula is C13H20N4O3. The van der Waals surface area contributed by atoms with Crippen molar-refractivity contribution in [3.8, 4) is 0 Å². The second-order valence-electron chi connectivity index (χ2n) is 5.11. The van der Waals surface area contributed by atoms with Crippen LogP contribution in [0.15, 0.2) is 6.20 Å². The molecule has 0 aliphatic rings. The maximum Gasteiger partial charge on any atom is 0.356 e. The van der Waals surface area contributed by atoms with E-state index >= 15 is 0 Å². The number of carboxylic acid groups (broad SMARTS) is 1. The van der Waals surface area contributed by atoms with Gasteiger partial charge in [0.15, 0.2) is 5.69 Å². The standard InChI is InChI=1S/C13H20N4O3/c1-7(2)12-15-5-9(11(16-12)13(19)20)17(8(3)4)6-10(14)18/h5,7-8H,6H2,1-4H3,(H2,14,18)(H,19,20). The second kappa shape index (κ2) is 6.31. The van der Waals surface area contributed by atoms with Crippen LogP contribution in [0, 0.1) is 0 Å². The number of aromatic nitrogens is 2. The molecule has 0 saturated carbocycles. The van der Waals surface area contributed by atoms with Crippen LogP contribution in [0.5, 0.6) is 0 Å². The zero-order valence-corrected chi connectivity index (χ0v) is 12.1. The third kappa shape index (κ3) is 3.66. The van der Waals surface area contributed by atoms with Gasteiger partial charge in [-0.15, -0.1) is 0 Å². The van der Waals surface area contributed by atoms with Crippen LogP contribution in [0.3, 0.4) is 0 Å². The lowest BCUT2D eigenvalue weighted by Crippen LogP contribution is -2.39. The van der Waals surface area contributed by atoms with Crippen molar-refractivity contribution in [2.75, 3.05) is 11.4 Å². The molecule has 3 N–H and O–H groups in total. The molecule has 7 heteroatoms. The average molecular weight is 280 g/mol. The van der Waals surface area contributed by atoms with Crippen LogP contribution < -0.4 is 10.6 Å². The lowest BCUT2D eigenvalue weighted by molar-refractivity contribution is -0.116. The fourth-order valence-electron chi connectivity index (χ4n) is 1.75. The maximum atomic E-state index is 11.4. The van der Waals surface area contributed by atoms with Gasteiger partial charge in [-0.3, -0.25) is 4.79 Å². The number of aromatic carboxylic acids is 1. The molecule has 0 atom stereocenters. The zero-order valence-electron chi connectivity index (χ0n) is 12.1. The number of rotatable bonds is 6. The summed E-state index contributed by atoms with van der Waals surface area (Å²) < 4.78 is 0. The first-order chi connectivity index (χ1) is 9.23. The van der Waals surface area contributed by atoms with E-state index in [-0.39, 0.29) is 24.2 Å². The Bertz CT molecular complexity index is 514. The molecule has 0 fully saturated rings. The first kappa shape index (κ1) is 15.9. The fourth-order valence-corrected chi connectivity index (χ4v) is 1.75. The lowest BCUT2D eigenvalue weighted by atomic mass is 10.2. The number of amides is 1. The number of primary amides is 1. The Morgan fingerprint density at radius 3 is 2.35 bits per heavy atom. The number of anilines is 1. The molecular weight excluding hydrogens is 260 g/mol. The van der Waals surface area contributed by atoms with Gasteiger partial charge < -0.3 is 15.7 Å². The number of nitrogens with zero attached hydrogens (tertiary/aromatic N) is 3. The number of hydrogen-bond acceptors (Lipinski definition) is 5. The summed E-state index contributed by atoms with van der Waals surface area (Å²) in [6.07, 6.45) is 1.44. The van der Waals surface area contributed by atoms with Crippen molar-refractivity contribution in [2.45, 2.75) is 39.7 Å². The molecule has 0 spiro atoms. The topological polar surface area (TPSA) is 109 Å². The summed E-state index contributed by atoms with van der Waals surface area (Å²) in [4.78, 5) is 32.3. The van der Waals surface area contributed by atoms with Gasteiger partial charge in [0.2, 0.25) is 5.91 Å². The first-order valence-electron chi connectivity index (χ1n) is 6.39. The predicted octanol–water partition coefficient (Wildman–Crippen LogP) is 0.998. The summed E-state index contributed by atoms with van der Waals surface area (Å²) in [5, 5.41) is 9.30. The van der Waals surface area contributed by atoms with Gasteiger partial charge in [0.1, 0.15) is 5.82 Å². The van der Waals surface area contributed by atoms with Crippen molar-refractivity contribution >= 4 is 17.6 Å². The van der Waals surface area contributed by atoms with Gasteiger partial charge in [-0.1, -0.05) is 13.8 Å². The highest BCUT2D eigenvalue weighted by Crippen LogP contribution is 2.22. The summed E-state index contributed by atoms with van der Waals surface area (Å²) >= 11 is 0. The highest BCUT2D eigenvalue weighted by molar-refractivity contribution is 5.93. The van der Waals surface area contributed by atoms with E-state index in [0.29, 0.717) is 11.5 Å². The predicted molar refractivity (Wildman–Crippen MR) is 74.8 cm³/mol. The Morgan fingerprint density at radius 2 is 1.95 bits per heavy atom. The van der Waals surface area contributed by atoms with Crippen molar-refractivity contribution in [1.29, 1.82) is 0 Å². The minimum atomic E-state index is -1.15. The van der Waals surface area contributed by atoms with Crippen molar-refractivity contribution in [1.82, 2.24) is 9.97 Å². The van der Waals surface area contributed by atoms with Crippen molar-refractivity contribution < 1.29 is 14.7 Å². The molecule has 1 aromatic heterocycles. The normalized spacial score (nSPS) is 10.9. The minimum Gasteiger partial charge on any atom is -0.476 e. The number of hydrogen-bond donors (Lipinski definition) is 2. The van der Waals surface area contributed by atoms with Crippen LogP contribution in [0.25, 0.3) is 0 Å². The van der Waals surface area contributed by atoms with Crippen LogP contribution in [0.1, 0.15) is 49.9 Å². The minimum absolute atomic E-state index is 0.0193. The molecule has 20 heavy (non-hydrogen) atoms. The first-order valence-corrected chi connectivity index (χ1v) is 6.39. The summed E-state index contributed by atoms with van der Waals surface area (Å²) in [7, 11) is 0. The van der Waals surface area contributed by atoms with Crippen LogP contribution in [0.4, 0.5) is 5.69 Å². The van der Waals surface area contributed by atoms with Crippen LogP contribution >= 0.6 is 0 Å². The van der Waals surface area contributed by atoms with Gasteiger partial charge in [0, 0.05) is 12.0 Å². The molecule has 0 aromatic carbocycles. The summed E-state index contributed by atoms with van der Waals surface area (Å²) in [5.41, 5.74) is 5.39. The molecule has 1 aromatic rings. The highest BCUT2D eigenvalue weighted by atomic mass is 16.4. The van der Waals surface area contributed by atoms with Gasteiger partial charge >= 0.3 is 5.97 Å². The van der Waals surface area contributed by atoms with Gasteiger partial charge in [0.05, 0.1) is 18.4 Å². The van der Waals surface area contributed by atoms with E-state index in [0.717, 1.165) is 0 Å². The molecule has 1 amide bonds. The summed E-state index contributed by atoms with van der Waals surface area (Å²) in [6, 6.07) is -0.103. The van der Waals surface area contributed by atoms with Gasteiger partial charge in [-0.25, -0.2) is 14.8 Å². The molecule has 1 heterocycles. The molecule has 0 unspecified atom stereocenters. The Labute approximate surface area is 117 Å². The van der Waals surface area contributed by atoms with E-state index in [1.807, 2.05) is 27.7 Å². The summed E-state index contributed by atoms with van der Waals surface area (Å²) in [5.74, 6) is -1.22. The number of carboxylic acids is 1. The van der Waals surface area contributed by atoms with E-state index in [1.165, 1.54) is 6.20 Å². The largest absolute Gasteiger partial charge is 0.476 e. The van der Waals surface area contributed by atoms with Crippen LogP contribution in [0.2, 0.25) is 0 Å². The smallest absolute Gasteiger partial charge is 0.356 e. The van der Waals surface area contributed by atoms with Gasteiger partial charge in [-0.2, -0.15) is 0 Å². The van der Waals surface area contributed by atoms with E-state index < -0.39 is 11.9 Å². The fraction of sp³-hybridized carbons (Fsp3) is 0.538. The van der Waals surface area contributed by atoms with E-state index in [4.69, 9.17) is 5.73 Å². The molecule has 0 saturated heterocycles. The highest BCUT2D eigenvalue weighted by Gasteiger charge is 2.23. The Balaban J connectivity index is 3.33. The van der Waals surface area contributed by atoms with Crippen LogP contribution in [-0.2, 0) is 4.79 Å². The molecule has 110 valence electrons. The third-order valence-corrected chi connectivity index (χ3v) is 2.77. The van der Waals surface area contributed by atoms with Crippen molar-refractivity contribution in [3.63, 3.8) is 0 Å². The zero-order chi connectivity index (χ0) is 15.4. The van der Waals surface area contributed by atoms with Gasteiger partial charge in [0.25, 0.3) is 0 Å². The quantitative estimate of drug-likeness (QED) is 0.804. The molecule has 7 nitrogen and oxygen atoms in total. The Morgan fingerprint density at radius 1 is 1.35 bits per heavy atom. The Kier molecular flexibility index (Phi) is 5.01. The summed E-state index contributed by atoms with van der Waals surface area (Å²) in [6.45, 7) is 7.35. The third-order valence-electron chi connectivity index (χ3n) is 2.77. The van der Waals surface area contributed by atoms with E-state index in [1.54, 1.807) is 4.90 Å². The monoisotopic (exact) mass is 280 g/mol.